The second kappa shape index (κ2) is 19.6. The SMILES string of the molecule is c1ccc(-c2c3c(c(-c4ccc(-c5ccc(-c6c7c(c(-c8ccccc8)c8ccccc68)-c6cccc8c(-c9cn%10ccccc%10n9)ccc-7c68)cc5)cc4)c4ccccc24)-c2cccc4c(-c5ccc6cc(-c7cn8ccccc8n7)ccc6c5)ccc-3c24)cc1. The maximum Gasteiger partial charge on any atom is 0.137 e. The van der Waals surface area contributed by atoms with E-state index in [2.05, 4.69) is 307 Å². The molecule has 2 aliphatic carbocycles. The zero-order valence-electron chi connectivity index (χ0n) is 49.8. The molecule has 0 aliphatic heterocycles. The van der Waals surface area contributed by atoms with Gasteiger partial charge in [0, 0.05) is 35.9 Å². The van der Waals surface area contributed by atoms with Gasteiger partial charge in [-0.2, -0.15) is 0 Å². The van der Waals surface area contributed by atoms with Gasteiger partial charge in [0.05, 0.1) is 11.4 Å². The van der Waals surface area contributed by atoms with Crippen LogP contribution < -0.4 is 0 Å². The summed E-state index contributed by atoms with van der Waals surface area (Å²) in [4.78, 5) is 10.1. The molecule has 424 valence electrons. The van der Waals surface area contributed by atoms with E-state index in [1.807, 2.05) is 18.2 Å². The molecular weight excluding hydrogens is 1110 g/mol. The number of aromatic nitrogens is 4. The molecule has 14 aromatic carbocycles. The molecule has 18 aromatic rings. The average molecular weight is 1170 g/mol. The van der Waals surface area contributed by atoms with Crippen molar-refractivity contribution in [2.24, 2.45) is 0 Å². The largest absolute Gasteiger partial charge is 0.306 e. The lowest BCUT2D eigenvalue weighted by Gasteiger charge is -2.21. The number of nitrogens with zero attached hydrogens (tertiary/aromatic N) is 4. The van der Waals surface area contributed by atoms with Crippen LogP contribution >= 0.6 is 0 Å². The minimum absolute atomic E-state index is 0.937. The van der Waals surface area contributed by atoms with Crippen LogP contribution in [0.25, 0.3) is 199 Å². The molecule has 4 heterocycles. The van der Waals surface area contributed by atoms with Gasteiger partial charge < -0.3 is 8.80 Å². The quantitative estimate of drug-likeness (QED) is 0.152. The lowest BCUT2D eigenvalue weighted by Crippen LogP contribution is -1.94. The molecule has 0 amide bonds. The van der Waals surface area contributed by atoms with E-state index in [4.69, 9.17) is 9.97 Å². The molecule has 2 aliphatic rings. The molecule has 0 fully saturated rings. The number of rotatable bonds is 8. The lowest BCUT2D eigenvalue weighted by atomic mass is 9.82. The van der Waals surface area contributed by atoms with Gasteiger partial charge in [0.1, 0.15) is 11.3 Å². The monoisotopic (exact) mass is 1160 g/mol. The Morgan fingerprint density at radius 3 is 1.04 bits per heavy atom. The molecule has 0 saturated heterocycles. The van der Waals surface area contributed by atoms with E-state index in [0.717, 1.165) is 33.8 Å². The van der Waals surface area contributed by atoms with Crippen molar-refractivity contribution >= 4 is 65.2 Å². The van der Waals surface area contributed by atoms with Crippen molar-refractivity contribution in [3.05, 3.63) is 316 Å². The molecule has 20 rings (SSSR count). The fourth-order valence-corrected chi connectivity index (χ4v) is 15.9. The normalized spacial score (nSPS) is 12.1. The molecule has 4 heteroatoms. The predicted molar refractivity (Wildman–Crippen MR) is 384 cm³/mol. The Morgan fingerprint density at radius 1 is 0.207 bits per heavy atom. The molecule has 4 aromatic heterocycles. The Balaban J connectivity index is 0.709. The van der Waals surface area contributed by atoms with Crippen molar-refractivity contribution in [3.63, 3.8) is 0 Å². The molecule has 4 nitrogen and oxygen atoms in total. The van der Waals surface area contributed by atoms with Crippen LogP contribution in [0.1, 0.15) is 0 Å². The zero-order chi connectivity index (χ0) is 60.1. The summed E-state index contributed by atoms with van der Waals surface area (Å²) in [6.45, 7) is 0. The highest BCUT2D eigenvalue weighted by molar-refractivity contribution is 6.31. The van der Waals surface area contributed by atoms with E-state index in [0.29, 0.717) is 0 Å². The summed E-state index contributed by atoms with van der Waals surface area (Å²) in [5, 5.41) is 12.4. The van der Waals surface area contributed by atoms with Crippen molar-refractivity contribution < 1.29 is 0 Å². The zero-order valence-corrected chi connectivity index (χ0v) is 49.8. The summed E-state index contributed by atoms with van der Waals surface area (Å²) in [7, 11) is 0. The van der Waals surface area contributed by atoms with Crippen LogP contribution in [0.2, 0.25) is 0 Å². The Kier molecular flexibility index (Phi) is 10.8. The molecule has 92 heavy (non-hydrogen) atoms. The molecule has 0 unspecified atom stereocenters. The minimum Gasteiger partial charge on any atom is -0.306 e. The number of hydrogen-bond donors (Lipinski definition) is 0. The standard InChI is InChI=1S/C88H52N4/c1-3-17-55(18-4-1)79-67-21-7-10-24-70(67)82(88-74-46-44-64(66-26-16-28-72(84(66)74)85(79)88)76-52-92-48-14-12-30-78(92)90-76)58-37-33-54(34-38-58)53-31-35-57(36-32-53)81-69-23-9-8-22-68(69)80(56-19-5-2-6-20-56)87-73-45-43-63(65-25-15-27-71(83(65)73)86(81)87)61-41-39-60-50-62(42-40-59(60)49-61)75-51-91-47-13-11-29-77(91)89-75/h1-52H. The summed E-state index contributed by atoms with van der Waals surface area (Å²) < 4.78 is 4.20. The summed E-state index contributed by atoms with van der Waals surface area (Å²) in [6.07, 6.45) is 8.40. The molecule has 0 N–H and O–H groups in total. The summed E-state index contributed by atoms with van der Waals surface area (Å²) in [5.41, 5.74) is 30.9. The van der Waals surface area contributed by atoms with Crippen LogP contribution in [-0.4, -0.2) is 18.8 Å². The predicted octanol–water partition coefficient (Wildman–Crippen LogP) is 23.4. The van der Waals surface area contributed by atoms with Gasteiger partial charge >= 0.3 is 0 Å². The van der Waals surface area contributed by atoms with Crippen molar-refractivity contribution in [2.75, 3.05) is 0 Å². The first-order chi connectivity index (χ1) is 45.6. The van der Waals surface area contributed by atoms with E-state index in [-0.39, 0.29) is 0 Å². The minimum atomic E-state index is 0.937. The number of pyridine rings is 2. The van der Waals surface area contributed by atoms with E-state index >= 15 is 0 Å². The van der Waals surface area contributed by atoms with Crippen LogP contribution in [0.4, 0.5) is 0 Å². The number of fused-ring (bicyclic) bond motifs is 11. The summed E-state index contributed by atoms with van der Waals surface area (Å²) >= 11 is 0. The maximum atomic E-state index is 5.13. The third-order valence-corrected chi connectivity index (χ3v) is 19.8. The fourth-order valence-electron chi connectivity index (χ4n) is 15.9. The van der Waals surface area contributed by atoms with E-state index in [1.54, 1.807) is 0 Å². The first-order valence-corrected chi connectivity index (χ1v) is 31.7. The van der Waals surface area contributed by atoms with Gasteiger partial charge in [-0.05, 0) is 202 Å². The van der Waals surface area contributed by atoms with Gasteiger partial charge in [-0.3, -0.25) is 0 Å². The van der Waals surface area contributed by atoms with Gasteiger partial charge in [0.25, 0.3) is 0 Å². The average Bonchev–Trinajstić information content (AvgIpc) is 1.54. The third kappa shape index (κ3) is 7.46. The van der Waals surface area contributed by atoms with Crippen molar-refractivity contribution in [1.82, 2.24) is 18.8 Å². The molecule has 0 saturated carbocycles. The van der Waals surface area contributed by atoms with Crippen LogP contribution in [0, 0.1) is 0 Å². The van der Waals surface area contributed by atoms with Gasteiger partial charge in [0.2, 0.25) is 0 Å². The molecule has 0 radical (unpaired) electrons. The van der Waals surface area contributed by atoms with Gasteiger partial charge in [-0.25, -0.2) is 9.97 Å². The highest BCUT2D eigenvalue weighted by Crippen LogP contribution is 2.61. The second-order valence-electron chi connectivity index (χ2n) is 24.7. The Labute approximate surface area is 530 Å². The number of imidazole rings is 2. The van der Waals surface area contributed by atoms with Crippen molar-refractivity contribution in [3.8, 4) is 134 Å². The van der Waals surface area contributed by atoms with E-state index in [9.17, 15) is 0 Å². The second-order valence-corrected chi connectivity index (χ2v) is 24.7. The topological polar surface area (TPSA) is 34.6 Å². The van der Waals surface area contributed by atoms with Crippen LogP contribution in [0.5, 0.6) is 0 Å². The van der Waals surface area contributed by atoms with Crippen LogP contribution in [0.3, 0.4) is 0 Å². The van der Waals surface area contributed by atoms with Crippen LogP contribution in [-0.2, 0) is 0 Å². The lowest BCUT2D eigenvalue weighted by molar-refractivity contribution is 1.19. The Morgan fingerprint density at radius 2 is 0.554 bits per heavy atom. The number of benzene rings is 14. The smallest absolute Gasteiger partial charge is 0.137 e. The van der Waals surface area contributed by atoms with Crippen LogP contribution in [0.15, 0.2) is 316 Å². The van der Waals surface area contributed by atoms with Gasteiger partial charge in [-0.15, -0.1) is 0 Å². The molecule has 0 spiro atoms. The van der Waals surface area contributed by atoms with Gasteiger partial charge in [-0.1, -0.05) is 255 Å². The summed E-state index contributed by atoms with van der Waals surface area (Å²) in [6, 6.07) is 108. The molecular formula is C88H52N4. The first-order valence-electron chi connectivity index (χ1n) is 31.7. The molecule has 0 atom stereocenters. The van der Waals surface area contributed by atoms with E-state index < -0.39 is 0 Å². The van der Waals surface area contributed by atoms with E-state index in [1.165, 1.54) is 165 Å². The van der Waals surface area contributed by atoms with Crippen molar-refractivity contribution in [2.45, 2.75) is 0 Å². The Hall–Kier alpha value is -12.2. The fraction of sp³-hybridized carbons (Fsp3) is 0. The van der Waals surface area contributed by atoms with Crippen molar-refractivity contribution in [1.29, 1.82) is 0 Å². The maximum absolute atomic E-state index is 5.13. The first kappa shape index (κ1) is 50.7. The highest BCUT2D eigenvalue weighted by atomic mass is 15.0. The van der Waals surface area contributed by atoms with Gasteiger partial charge in [0.15, 0.2) is 0 Å². The summed E-state index contributed by atoms with van der Waals surface area (Å²) in [5.74, 6) is 0. The highest BCUT2D eigenvalue weighted by Gasteiger charge is 2.34. The Bertz CT molecular complexity index is 6080. The third-order valence-electron chi connectivity index (χ3n) is 19.8. The number of hydrogen-bond acceptors (Lipinski definition) is 2. The molecule has 0 bridgehead atoms.